The third-order valence-electron chi connectivity index (χ3n) is 5.27. The molecule has 3 aromatic rings. The Kier molecular flexibility index (Phi) is 6.86. The van der Waals surface area contributed by atoms with Gasteiger partial charge in [-0.15, -0.1) is 0 Å². The zero-order valence-electron chi connectivity index (χ0n) is 17.1. The van der Waals surface area contributed by atoms with Gasteiger partial charge in [0.1, 0.15) is 11.3 Å². The van der Waals surface area contributed by atoms with E-state index in [9.17, 15) is 9.90 Å². The number of nitrogens with one attached hydrogen (secondary N) is 1. The first-order valence-corrected chi connectivity index (χ1v) is 10.7. The van der Waals surface area contributed by atoms with Crippen LogP contribution in [0.4, 0.5) is 5.69 Å². The highest BCUT2D eigenvalue weighted by Gasteiger charge is 2.21. The first-order chi connectivity index (χ1) is 15.5. The maximum Gasteiger partial charge on any atom is 0.159 e. The predicted molar refractivity (Wildman–Crippen MR) is 127 cm³/mol. The van der Waals surface area contributed by atoms with Crippen LogP contribution in [0.25, 0.3) is 0 Å². The van der Waals surface area contributed by atoms with E-state index < -0.39 is 12.3 Å². The van der Waals surface area contributed by atoms with Gasteiger partial charge in [-0.25, -0.2) is 9.99 Å². The molecule has 0 saturated heterocycles. The van der Waals surface area contributed by atoms with Crippen LogP contribution in [0, 0.1) is 6.92 Å². The molecule has 2 N–H and O–H groups in total. The lowest BCUT2D eigenvalue weighted by atomic mass is 9.92. The van der Waals surface area contributed by atoms with Crippen LogP contribution in [0.5, 0.6) is 0 Å². The second kappa shape index (κ2) is 9.79. The molecule has 2 aromatic carbocycles. The number of aliphatic hydroxyl groups is 1. The molecule has 32 heavy (non-hydrogen) atoms. The summed E-state index contributed by atoms with van der Waals surface area (Å²) in [5.74, 6) is 0. The van der Waals surface area contributed by atoms with Crippen LogP contribution in [-0.4, -0.2) is 35.3 Å². The van der Waals surface area contributed by atoms with Gasteiger partial charge in [-0.1, -0.05) is 53.5 Å². The summed E-state index contributed by atoms with van der Waals surface area (Å²) in [5.41, 5.74) is 4.70. The first kappa shape index (κ1) is 22.4. The molecule has 0 spiro atoms. The molecule has 4 rings (SSSR count). The zero-order chi connectivity index (χ0) is 22.7. The minimum atomic E-state index is -0.865. The van der Waals surface area contributed by atoms with Gasteiger partial charge < -0.3 is 5.11 Å². The SMILES string of the molecule is [CH2]c1ccc(C(O)c2ccc(Cl)nc2)c(Cc2ccc(N3N=CCNC3C=O)cc2Cl)c1. The zero-order valence-corrected chi connectivity index (χ0v) is 18.6. The van der Waals surface area contributed by atoms with Gasteiger partial charge in [-0.05, 0) is 53.8 Å². The summed E-state index contributed by atoms with van der Waals surface area (Å²) >= 11 is 12.5. The summed E-state index contributed by atoms with van der Waals surface area (Å²) in [6.07, 6.45) is 3.15. The van der Waals surface area contributed by atoms with Crippen molar-refractivity contribution in [2.45, 2.75) is 18.7 Å². The van der Waals surface area contributed by atoms with Gasteiger partial charge in [0, 0.05) is 29.5 Å². The van der Waals surface area contributed by atoms with Crippen molar-refractivity contribution in [2.75, 3.05) is 11.6 Å². The van der Waals surface area contributed by atoms with E-state index >= 15 is 0 Å². The van der Waals surface area contributed by atoms with Crippen molar-refractivity contribution in [2.24, 2.45) is 5.10 Å². The molecule has 0 amide bonds. The molecule has 163 valence electrons. The molecule has 0 fully saturated rings. The number of carbonyl (C=O) groups is 1. The summed E-state index contributed by atoms with van der Waals surface area (Å²) in [6, 6.07) is 14.6. The Labute approximate surface area is 196 Å². The van der Waals surface area contributed by atoms with E-state index in [1.54, 1.807) is 35.6 Å². The van der Waals surface area contributed by atoms with Gasteiger partial charge in [0.15, 0.2) is 12.5 Å². The minimum Gasteiger partial charge on any atom is -0.384 e. The molecule has 2 unspecified atom stereocenters. The molecule has 1 aromatic heterocycles. The summed E-state index contributed by atoms with van der Waals surface area (Å²) < 4.78 is 0. The normalized spacial score (nSPS) is 16.8. The van der Waals surface area contributed by atoms with Gasteiger partial charge in [0.05, 0.1) is 5.69 Å². The van der Waals surface area contributed by atoms with Crippen molar-refractivity contribution in [3.8, 4) is 0 Å². The molecule has 1 radical (unpaired) electrons. The summed E-state index contributed by atoms with van der Waals surface area (Å²) in [4.78, 5) is 15.4. The van der Waals surface area contributed by atoms with Crippen LogP contribution >= 0.6 is 23.2 Å². The second-order valence-corrected chi connectivity index (χ2v) is 8.23. The number of halogens is 2. The fourth-order valence-corrected chi connectivity index (χ4v) is 3.98. The van der Waals surface area contributed by atoms with Gasteiger partial charge >= 0.3 is 0 Å². The quantitative estimate of drug-likeness (QED) is 0.420. The van der Waals surface area contributed by atoms with Crippen LogP contribution in [-0.2, 0) is 11.2 Å². The molecule has 1 aliphatic heterocycles. The number of aromatic nitrogens is 1. The van der Waals surface area contributed by atoms with E-state index in [4.69, 9.17) is 23.2 Å². The van der Waals surface area contributed by atoms with E-state index in [0.29, 0.717) is 34.4 Å². The topological polar surface area (TPSA) is 77.8 Å². The van der Waals surface area contributed by atoms with Crippen molar-refractivity contribution in [1.82, 2.24) is 10.3 Å². The molecular formula is C24H21Cl2N4O2. The minimum absolute atomic E-state index is 0.367. The number of aldehydes is 1. The number of anilines is 1. The van der Waals surface area contributed by atoms with Crippen LogP contribution in [0.3, 0.4) is 0 Å². The van der Waals surface area contributed by atoms with Crippen molar-refractivity contribution in [3.63, 3.8) is 0 Å². The number of nitrogens with zero attached hydrogens (tertiary/aromatic N) is 3. The number of hydrazone groups is 1. The maximum atomic E-state index is 11.4. The standard InChI is InChI=1S/C24H21Cl2N4O2/c1-15-2-6-20(24(32)17-4-7-22(26)28-13-17)18(10-15)11-16-3-5-19(12-21(16)25)30-23(14-31)27-8-9-29-30/h2-7,9-10,12-14,23-24,27,32H,1,8,11H2. The van der Waals surface area contributed by atoms with Crippen molar-refractivity contribution < 1.29 is 9.90 Å². The molecule has 8 heteroatoms. The van der Waals surface area contributed by atoms with Crippen LogP contribution in [0.15, 0.2) is 59.8 Å². The van der Waals surface area contributed by atoms with E-state index in [2.05, 4.69) is 22.3 Å². The monoisotopic (exact) mass is 467 g/mol. The van der Waals surface area contributed by atoms with Gasteiger partial charge in [0.2, 0.25) is 0 Å². The fraction of sp³-hybridized carbons (Fsp3) is 0.167. The number of hydrogen-bond donors (Lipinski definition) is 2. The summed E-state index contributed by atoms with van der Waals surface area (Å²) in [5, 5.41) is 20.8. The lowest BCUT2D eigenvalue weighted by molar-refractivity contribution is -0.109. The van der Waals surface area contributed by atoms with Gasteiger partial charge in [0.25, 0.3) is 0 Å². The Morgan fingerprint density at radius 1 is 1.19 bits per heavy atom. The average Bonchev–Trinajstić information content (AvgIpc) is 2.80. The van der Waals surface area contributed by atoms with E-state index in [0.717, 1.165) is 28.5 Å². The molecule has 0 bridgehead atoms. The lowest BCUT2D eigenvalue weighted by Gasteiger charge is -2.29. The smallest absolute Gasteiger partial charge is 0.159 e. The third-order valence-corrected chi connectivity index (χ3v) is 5.84. The lowest BCUT2D eigenvalue weighted by Crippen LogP contribution is -2.48. The number of aliphatic hydroxyl groups excluding tert-OH is 1. The molecule has 1 aliphatic rings. The average molecular weight is 468 g/mol. The molecule has 0 saturated carbocycles. The molecular weight excluding hydrogens is 447 g/mol. The molecule has 2 atom stereocenters. The Morgan fingerprint density at radius 2 is 2.03 bits per heavy atom. The second-order valence-electron chi connectivity index (χ2n) is 7.43. The van der Waals surface area contributed by atoms with Crippen molar-refractivity contribution in [3.05, 3.63) is 99.6 Å². The van der Waals surface area contributed by atoms with Crippen molar-refractivity contribution in [1.29, 1.82) is 0 Å². The Morgan fingerprint density at radius 3 is 2.75 bits per heavy atom. The number of pyridine rings is 1. The van der Waals surface area contributed by atoms with E-state index in [1.807, 2.05) is 30.3 Å². The van der Waals surface area contributed by atoms with Crippen LogP contribution in [0.1, 0.15) is 33.9 Å². The number of benzene rings is 2. The number of rotatable bonds is 6. The highest BCUT2D eigenvalue weighted by atomic mass is 35.5. The Hall–Kier alpha value is -2.77. The Balaban J connectivity index is 1.63. The highest BCUT2D eigenvalue weighted by molar-refractivity contribution is 6.31. The number of hydrogen-bond acceptors (Lipinski definition) is 6. The highest BCUT2D eigenvalue weighted by Crippen LogP contribution is 2.31. The molecule has 2 heterocycles. The van der Waals surface area contributed by atoms with Crippen LogP contribution < -0.4 is 10.3 Å². The fourth-order valence-electron chi connectivity index (χ4n) is 3.63. The molecule has 6 nitrogen and oxygen atoms in total. The number of carbonyl (C=O) groups excluding carboxylic acids is 1. The van der Waals surface area contributed by atoms with Crippen LogP contribution in [0.2, 0.25) is 10.2 Å². The first-order valence-electron chi connectivity index (χ1n) is 9.99. The maximum absolute atomic E-state index is 11.4. The summed E-state index contributed by atoms with van der Waals surface area (Å²) in [7, 11) is 0. The van der Waals surface area contributed by atoms with Gasteiger partial charge in [-0.2, -0.15) is 5.10 Å². The van der Waals surface area contributed by atoms with Gasteiger partial charge in [-0.3, -0.25) is 10.1 Å². The third kappa shape index (κ3) is 4.84. The Bertz CT molecular complexity index is 1150. The predicted octanol–water partition coefficient (Wildman–Crippen LogP) is 4.16. The largest absolute Gasteiger partial charge is 0.384 e. The van der Waals surface area contributed by atoms with Crippen molar-refractivity contribution >= 4 is 41.4 Å². The van der Waals surface area contributed by atoms with E-state index in [1.165, 1.54) is 0 Å². The molecule has 0 aliphatic carbocycles. The summed E-state index contributed by atoms with van der Waals surface area (Å²) in [6.45, 7) is 4.55. The van der Waals surface area contributed by atoms with E-state index in [-0.39, 0.29) is 0 Å².